The number of hydrogen-bond donors (Lipinski definition) is 4. The van der Waals surface area contributed by atoms with Gasteiger partial charge in [-0.2, -0.15) is 0 Å². The molecule has 10 heterocycles. The van der Waals surface area contributed by atoms with Gasteiger partial charge in [0.05, 0.1) is 67.8 Å². The maximum atomic E-state index is 15.8. The van der Waals surface area contributed by atoms with Crippen LogP contribution in [0.1, 0.15) is 88.5 Å². The number of aromatic amines is 4. The van der Waals surface area contributed by atoms with Crippen LogP contribution in [0.2, 0.25) is 0 Å². The van der Waals surface area contributed by atoms with Gasteiger partial charge in [0.1, 0.15) is 5.69 Å². The summed E-state index contributed by atoms with van der Waals surface area (Å²) in [7, 11) is 0. The van der Waals surface area contributed by atoms with Crippen molar-refractivity contribution >= 4 is 128 Å². The fourth-order valence-electron chi connectivity index (χ4n) is 16.8. The molecule has 0 unspecified atom stereocenters. The molecule has 116 heavy (non-hydrogen) atoms. The minimum atomic E-state index is -0.356. The Morgan fingerprint density at radius 2 is 0.483 bits per heavy atom. The van der Waals surface area contributed by atoms with Crippen molar-refractivity contribution in [3.05, 3.63) is 394 Å². The number of nitrogens with one attached hydrogen (secondary N) is 4. The van der Waals surface area contributed by atoms with Crippen molar-refractivity contribution in [2.45, 2.75) is 0 Å². The van der Waals surface area contributed by atoms with Crippen LogP contribution in [0, 0.1) is 0 Å². The molecular weight excluding hydrogens is 1420 g/mol. The van der Waals surface area contributed by atoms with Gasteiger partial charge in [-0.05, 0) is 142 Å². The Kier molecular flexibility index (Phi) is 16.9. The molecule has 0 saturated carbocycles. The number of carbonyl (C=O) groups excluding carboxylic acids is 2. The predicted octanol–water partition coefficient (Wildman–Crippen LogP) is 25.2. The van der Waals surface area contributed by atoms with Crippen LogP contribution in [0.4, 0.5) is 11.4 Å². The van der Waals surface area contributed by atoms with Gasteiger partial charge in [0, 0.05) is 118 Å². The highest BCUT2D eigenvalue weighted by Gasteiger charge is 2.34. The highest BCUT2D eigenvalue weighted by atomic mass is 16.1. The van der Waals surface area contributed by atoms with E-state index in [1.54, 1.807) is 42.6 Å². The van der Waals surface area contributed by atoms with Crippen LogP contribution in [0.3, 0.4) is 0 Å². The summed E-state index contributed by atoms with van der Waals surface area (Å²) >= 11 is 0. The van der Waals surface area contributed by atoms with Crippen molar-refractivity contribution < 1.29 is 9.59 Å². The average Bonchev–Trinajstić information content (AvgIpc) is 0.834. The average molecular weight is 1490 g/mol. The van der Waals surface area contributed by atoms with Gasteiger partial charge < -0.3 is 19.9 Å². The number of benzene rings is 10. The van der Waals surface area contributed by atoms with Crippen LogP contribution in [0.5, 0.6) is 0 Å². The third-order valence-corrected chi connectivity index (χ3v) is 22.0. The molecule has 0 saturated heterocycles. The quantitative estimate of drug-likeness (QED) is 0.0886. The van der Waals surface area contributed by atoms with Crippen molar-refractivity contribution in [1.29, 1.82) is 0 Å². The van der Waals surface area contributed by atoms with Crippen molar-refractivity contribution in [2.75, 3.05) is 0 Å². The SMILES string of the molecule is O=C1c2ccccc2C(=O)c2c1ccc(N=Cc1cc3[nH]c1c(-c1ccccc1)c1nc(c(-c4ccccc4)c4ccc([nH]4)c(-c4ccccc4)c4nc(c3-c3ccccc3)C=C4)C=C1)c2N=Cc1cc2[nH]c1c(-c1ccccc1)c1nc(c(-c3ccccc3)c3ccc([nH]3)c(-c3ccccc3)c3nc(c2-c2ccccc2)C=C3)C=C1. The van der Waals surface area contributed by atoms with Gasteiger partial charge in [-0.25, -0.2) is 19.9 Å². The van der Waals surface area contributed by atoms with E-state index in [0.717, 1.165) is 156 Å². The lowest BCUT2D eigenvalue weighted by atomic mass is 9.83. The highest BCUT2D eigenvalue weighted by molar-refractivity contribution is 6.31. The summed E-state index contributed by atoms with van der Waals surface area (Å²) in [4.78, 5) is 80.5. The molecule has 1 aliphatic carbocycles. The van der Waals surface area contributed by atoms with Gasteiger partial charge >= 0.3 is 0 Å². The minimum absolute atomic E-state index is 0.130. The molecule has 544 valence electrons. The molecule has 12 heteroatoms. The number of carbonyl (C=O) groups is 2. The van der Waals surface area contributed by atoms with Gasteiger partial charge in [-0.3, -0.25) is 19.6 Å². The fraction of sp³-hybridized carbons (Fsp3) is 0. The lowest BCUT2D eigenvalue weighted by Gasteiger charge is -2.19. The van der Waals surface area contributed by atoms with E-state index in [0.29, 0.717) is 44.8 Å². The molecule has 4 aliphatic heterocycles. The highest BCUT2D eigenvalue weighted by Crippen LogP contribution is 2.46. The number of ketones is 2. The van der Waals surface area contributed by atoms with E-state index in [-0.39, 0.29) is 33.9 Å². The molecule has 0 spiro atoms. The van der Waals surface area contributed by atoms with Crippen LogP contribution < -0.4 is 0 Å². The van der Waals surface area contributed by atoms with Gasteiger partial charge in [0.15, 0.2) is 11.6 Å². The van der Waals surface area contributed by atoms with Crippen LogP contribution in [0.15, 0.2) is 325 Å². The zero-order chi connectivity index (χ0) is 77.2. The normalized spacial score (nSPS) is 12.7. The first-order chi connectivity index (χ1) is 57.3. The van der Waals surface area contributed by atoms with Crippen molar-refractivity contribution in [1.82, 2.24) is 39.9 Å². The second-order valence-electron chi connectivity index (χ2n) is 29.0. The predicted molar refractivity (Wildman–Crippen MR) is 475 cm³/mol. The molecule has 6 aromatic heterocycles. The Morgan fingerprint density at radius 1 is 0.224 bits per heavy atom. The third-order valence-electron chi connectivity index (χ3n) is 22.0. The summed E-state index contributed by atoms with van der Waals surface area (Å²) in [6.45, 7) is 0. The molecule has 21 rings (SSSR count). The van der Waals surface area contributed by atoms with E-state index in [9.17, 15) is 0 Å². The second kappa shape index (κ2) is 28.7. The zero-order valence-electron chi connectivity index (χ0n) is 62.3. The zero-order valence-corrected chi connectivity index (χ0v) is 62.3. The fourth-order valence-corrected chi connectivity index (χ4v) is 16.8. The number of fused-ring (bicyclic) bond motifs is 18. The molecule has 16 bridgehead atoms. The van der Waals surface area contributed by atoms with E-state index in [2.05, 4.69) is 251 Å². The Balaban J connectivity index is 0.852. The van der Waals surface area contributed by atoms with Gasteiger partial charge in [-0.1, -0.05) is 267 Å². The van der Waals surface area contributed by atoms with Crippen molar-refractivity contribution in [2.24, 2.45) is 9.98 Å². The molecule has 5 aliphatic rings. The number of rotatable bonds is 12. The molecule has 0 radical (unpaired) electrons. The van der Waals surface area contributed by atoms with Crippen molar-refractivity contribution in [3.8, 4) is 89.0 Å². The van der Waals surface area contributed by atoms with Crippen LogP contribution in [-0.4, -0.2) is 63.9 Å². The van der Waals surface area contributed by atoms with E-state index >= 15 is 9.59 Å². The maximum Gasteiger partial charge on any atom is 0.196 e. The van der Waals surface area contributed by atoms with Gasteiger partial charge in [-0.15, -0.1) is 0 Å². The lowest BCUT2D eigenvalue weighted by molar-refractivity contribution is 0.0979. The largest absolute Gasteiger partial charge is 0.354 e. The summed E-state index contributed by atoms with van der Waals surface area (Å²) in [5.41, 5.74) is 29.8. The van der Waals surface area contributed by atoms with Gasteiger partial charge in [0.25, 0.3) is 0 Å². The molecule has 4 N–H and O–H groups in total. The Morgan fingerprint density at radius 3 is 0.793 bits per heavy atom. The summed E-state index contributed by atoms with van der Waals surface area (Å²) in [6.07, 6.45) is 20.4. The molecule has 0 atom stereocenters. The summed E-state index contributed by atoms with van der Waals surface area (Å²) < 4.78 is 0. The topological polar surface area (TPSA) is 174 Å². The monoisotopic (exact) mass is 1490 g/mol. The molecule has 0 amide bonds. The van der Waals surface area contributed by atoms with Crippen LogP contribution in [-0.2, 0) is 0 Å². The summed E-state index contributed by atoms with van der Waals surface area (Å²) in [5, 5.41) is 0. The number of aromatic nitrogens is 8. The van der Waals surface area contributed by atoms with Crippen LogP contribution in [0.25, 0.3) is 182 Å². The smallest absolute Gasteiger partial charge is 0.196 e. The molecular formula is C104H66N10O2. The third kappa shape index (κ3) is 12.1. The number of aliphatic imine (C=N–C) groups is 2. The van der Waals surface area contributed by atoms with E-state index in [1.807, 2.05) is 103 Å². The van der Waals surface area contributed by atoms with E-state index in [1.165, 1.54) is 0 Å². The Hall–Kier alpha value is -15.9. The number of nitrogens with zero attached hydrogens (tertiary/aromatic N) is 6. The summed E-state index contributed by atoms with van der Waals surface area (Å²) in [5.74, 6) is -0.652. The number of hydrogen-bond acceptors (Lipinski definition) is 8. The second-order valence-corrected chi connectivity index (χ2v) is 29.0. The van der Waals surface area contributed by atoms with E-state index in [4.69, 9.17) is 29.9 Å². The number of H-pyrrole nitrogens is 4. The minimum Gasteiger partial charge on any atom is -0.354 e. The molecule has 0 fully saturated rings. The Bertz CT molecular complexity index is 7300. The van der Waals surface area contributed by atoms with Crippen molar-refractivity contribution in [3.63, 3.8) is 0 Å². The first-order valence-electron chi connectivity index (χ1n) is 38.6. The molecule has 16 aromatic rings. The standard InChI is InChI=1S/C104H66N10O2/c115-103-73-43-25-26-44-74(73)104(116)99-75(103)45-46-88(105-61-71-59-89-95(67-35-17-5-18-36-67)84-53-51-80(109-84)91(63-27-9-1-10-28-63)76-47-49-78(107-76)93(65-31-13-3-14-32-65)82-55-57-86(111-82)97(100(71)113-89)69-39-21-7-22-40-69)102(99)106-62-72-60-90-96(68-37-19-6-20-38-68)85-54-52-81(110-85)92(64-29-11-2-12-30-64)77-48-50-79(108-77)94(66-33-15-4-16-34-66)83-56-58-87(112-83)98(101(72)114-90)70-41-23-8-24-42-70/h1-62,107-108,113-114H. The first kappa shape index (κ1) is 68.1. The maximum absolute atomic E-state index is 15.8. The molecule has 10 aromatic carbocycles. The van der Waals surface area contributed by atoms with Gasteiger partial charge in [0.2, 0.25) is 0 Å². The lowest BCUT2D eigenvalue weighted by Crippen LogP contribution is -2.20. The van der Waals surface area contributed by atoms with E-state index < -0.39 is 0 Å². The Labute approximate surface area is 666 Å². The molecule has 12 nitrogen and oxygen atoms in total. The van der Waals surface area contributed by atoms with Crippen LogP contribution >= 0.6 is 0 Å². The first-order valence-corrected chi connectivity index (χ1v) is 38.6. The summed E-state index contributed by atoms with van der Waals surface area (Å²) in [6, 6.07) is 106.